The molecule has 2 aromatic rings. The highest BCUT2D eigenvalue weighted by molar-refractivity contribution is 5.21. The third kappa shape index (κ3) is 3.91. The van der Waals surface area contributed by atoms with Gasteiger partial charge >= 0.3 is 0 Å². The molecule has 0 amide bonds. The molecule has 1 aromatic heterocycles. The van der Waals surface area contributed by atoms with Gasteiger partial charge in [-0.05, 0) is 24.8 Å². The lowest BCUT2D eigenvalue weighted by Gasteiger charge is -2.18. The molecule has 0 spiro atoms. The minimum absolute atomic E-state index is 0.464. The van der Waals surface area contributed by atoms with Gasteiger partial charge in [-0.1, -0.05) is 37.3 Å². The van der Waals surface area contributed by atoms with Crippen molar-refractivity contribution in [3.63, 3.8) is 0 Å². The standard InChI is InChI=1S/C17H24N4/c1-2-10-21-17(19-13-20-21)11-15(12-18-16-8-9-16)14-6-4-3-5-7-14/h3-7,13,15-16,18H,2,8-12H2,1H3. The molecule has 3 rings (SSSR count). The molecule has 1 fully saturated rings. The van der Waals surface area contributed by atoms with Gasteiger partial charge in [-0.15, -0.1) is 0 Å². The Morgan fingerprint density at radius 2 is 2.10 bits per heavy atom. The van der Waals surface area contributed by atoms with Crippen LogP contribution in [-0.2, 0) is 13.0 Å². The van der Waals surface area contributed by atoms with Gasteiger partial charge < -0.3 is 5.32 Å². The van der Waals surface area contributed by atoms with Crippen LogP contribution in [0.25, 0.3) is 0 Å². The molecule has 1 atom stereocenters. The monoisotopic (exact) mass is 284 g/mol. The highest BCUT2D eigenvalue weighted by Gasteiger charge is 2.23. The first-order valence-electron chi connectivity index (χ1n) is 8.02. The van der Waals surface area contributed by atoms with Gasteiger partial charge in [0, 0.05) is 31.5 Å². The van der Waals surface area contributed by atoms with Crippen molar-refractivity contribution in [2.75, 3.05) is 6.54 Å². The molecule has 0 aliphatic heterocycles. The van der Waals surface area contributed by atoms with E-state index in [1.807, 2.05) is 4.68 Å². The SMILES string of the molecule is CCCn1ncnc1CC(CNC1CC1)c1ccccc1. The minimum Gasteiger partial charge on any atom is -0.313 e. The molecule has 1 N–H and O–H groups in total. The van der Waals surface area contributed by atoms with E-state index in [0.29, 0.717) is 5.92 Å². The van der Waals surface area contributed by atoms with Crippen molar-refractivity contribution in [1.82, 2.24) is 20.1 Å². The fraction of sp³-hybridized carbons (Fsp3) is 0.529. The number of aromatic nitrogens is 3. The van der Waals surface area contributed by atoms with E-state index in [9.17, 15) is 0 Å². The van der Waals surface area contributed by atoms with E-state index in [1.54, 1.807) is 6.33 Å². The van der Waals surface area contributed by atoms with Crippen LogP contribution in [0.15, 0.2) is 36.7 Å². The molecular weight excluding hydrogens is 260 g/mol. The second-order valence-corrected chi connectivity index (χ2v) is 5.89. The summed E-state index contributed by atoms with van der Waals surface area (Å²) in [4.78, 5) is 4.47. The average Bonchev–Trinajstić information content (AvgIpc) is 3.25. The van der Waals surface area contributed by atoms with Gasteiger partial charge in [0.1, 0.15) is 12.2 Å². The molecule has 4 heteroatoms. The van der Waals surface area contributed by atoms with E-state index in [4.69, 9.17) is 0 Å². The molecule has 1 aliphatic carbocycles. The molecule has 112 valence electrons. The summed E-state index contributed by atoms with van der Waals surface area (Å²) < 4.78 is 2.05. The summed E-state index contributed by atoms with van der Waals surface area (Å²) in [7, 11) is 0. The third-order valence-corrected chi connectivity index (χ3v) is 4.06. The van der Waals surface area contributed by atoms with Crippen molar-refractivity contribution >= 4 is 0 Å². The topological polar surface area (TPSA) is 42.7 Å². The maximum atomic E-state index is 4.47. The molecule has 0 radical (unpaired) electrons. The Morgan fingerprint density at radius 1 is 1.29 bits per heavy atom. The number of nitrogens with one attached hydrogen (secondary N) is 1. The molecule has 0 saturated heterocycles. The fourth-order valence-electron chi connectivity index (χ4n) is 2.69. The van der Waals surface area contributed by atoms with Crippen molar-refractivity contribution in [2.45, 2.75) is 51.1 Å². The fourth-order valence-corrected chi connectivity index (χ4v) is 2.69. The van der Waals surface area contributed by atoms with Crippen LogP contribution in [0.2, 0.25) is 0 Å². The van der Waals surface area contributed by atoms with Crippen LogP contribution >= 0.6 is 0 Å². The summed E-state index contributed by atoms with van der Waals surface area (Å²) in [6.07, 6.45) is 6.37. The van der Waals surface area contributed by atoms with Crippen molar-refractivity contribution < 1.29 is 0 Å². The highest BCUT2D eigenvalue weighted by atomic mass is 15.3. The Labute approximate surface area is 126 Å². The molecule has 1 heterocycles. The van der Waals surface area contributed by atoms with Gasteiger partial charge in [0.15, 0.2) is 0 Å². The molecule has 1 unspecified atom stereocenters. The zero-order chi connectivity index (χ0) is 14.5. The number of hydrogen-bond donors (Lipinski definition) is 1. The molecular formula is C17H24N4. The van der Waals surface area contributed by atoms with Gasteiger partial charge in [0.25, 0.3) is 0 Å². The van der Waals surface area contributed by atoms with Gasteiger partial charge in [0.05, 0.1) is 0 Å². The highest BCUT2D eigenvalue weighted by Crippen LogP contribution is 2.23. The Bertz CT molecular complexity index is 545. The zero-order valence-electron chi connectivity index (χ0n) is 12.7. The van der Waals surface area contributed by atoms with Crippen LogP contribution in [-0.4, -0.2) is 27.4 Å². The quantitative estimate of drug-likeness (QED) is 0.810. The average molecular weight is 284 g/mol. The van der Waals surface area contributed by atoms with Gasteiger partial charge in [-0.25, -0.2) is 4.98 Å². The molecule has 21 heavy (non-hydrogen) atoms. The predicted octanol–water partition coefficient (Wildman–Crippen LogP) is 2.77. The Morgan fingerprint density at radius 3 is 2.81 bits per heavy atom. The molecule has 0 bridgehead atoms. The molecule has 4 nitrogen and oxygen atoms in total. The molecule has 1 aliphatic rings. The van der Waals surface area contributed by atoms with Crippen molar-refractivity contribution in [2.24, 2.45) is 0 Å². The van der Waals surface area contributed by atoms with Crippen molar-refractivity contribution in [3.8, 4) is 0 Å². The number of rotatable bonds is 8. The second kappa shape index (κ2) is 6.85. The first-order chi connectivity index (χ1) is 10.4. The van der Waals surface area contributed by atoms with Crippen LogP contribution < -0.4 is 5.32 Å². The van der Waals surface area contributed by atoms with E-state index in [1.165, 1.54) is 18.4 Å². The number of hydrogen-bond acceptors (Lipinski definition) is 3. The van der Waals surface area contributed by atoms with Crippen molar-refractivity contribution in [1.29, 1.82) is 0 Å². The van der Waals surface area contributed by atoms with Gasteiger partial charge in [-0.3, -0.25) is 4.68 Å². The van der Waals surface area contributed by atoms with Crippen LogP contribution in [0, 0.1) is 0 Å². The van der Waals surface area contributed by atoms with E-state index in [2.05, 4.69) is 52.7 Å². The lowest BCUT2D eigenvalue weighted by atomic mass is 9.95. The van der Waals surface area contributed by atoms with Crippen LogP contribution in [0.4, 0.5) is 0 Å². The van der Waals surface area contributed by atoms with E-state index in [0.717, 1.165) is 37.8 Å². The van der Waals surface area contributed by atoms with E-state index < -0.39 is 0 Å². The zero-order valence-corrected chi connectivity index (χ0v) is 12.7. The van der Waals surface area contributed by atoms with Crippen molar-refractivity contribution in [3.05, 3.63) is 48.0 Å². The summed E-state index contributed by atoms with van der Waals surface area (Å²) in [6.45, 7) is 4.15. The first kappa shape index (κ1) is 14.3. The van der Waals surface area contributed by atoms with Crippen LogP contribution in [0.5, 0.6) is 0 Å². The summed E-state index contributed by atoms with van der Waals surface area (Å²) in [5.74, 6) is 1.56. The second-order valence-electron chi connectivity index (χ2n) is 5.89. The summed E-state index contributed by atoms with van der Waals surface area (Å²) in [5.41, 5.74) is 1.39. The largest absolute Gasteiger partial charge is 0.313 e. The Balaban J connectivity index is 1.72. The predicted molar refractivity (Wildman–Crippen MR) is 84.2 cm³/mol. The first-order valence-corrected chi connectivity index (χ1v) is 8.02. The van der Waals surface area contributed by atoms with E-state index >= 15 is 0 Å². The van der Waals surface area contributed by atoms with Gasteiger partial charge in [-0.2, -0.15) is 5.10 Å². The Kier molecular flexibility index (Phi) is 4.65. The number of nitrogens with zero attached hydrogens (tertiary/aromatic N) is 3. The lowest BCUT2D eigenvalue weighted by Crippen LogP contribution is -2.25. The normalized spacial score (nSPS) is 16.0. The van der Waals surface area contributed by atoms with Crippen LogP contribution in [0.3, 0.4) is 0 Å². The summed E-state index contributed by atoms with van der Waals surface area (Å²) in [5, 5.41) is 8.01. The number of benzene rings is 1. The number of aryl methyl sites for hydroxylation is 1. The Hall–Kier alpha value is -1.68. The van der Waals surface area contributed by atoms with Crippen LogP contribution in [0.1, 0.15) is 43.5 Å². The maximum Gasteiger partial charge on any atom is 0.138 e. The smallest absolute Gasteiger partial charge is 0.138 e. The third-order valence-electron chi connectivity index (χ3n) is 4.06. The van der Waals surface area contributed by atoms with Gasteiger partial charge in [0.2, 0.25) is 0 Å². The molecule has 1 aromatic carbocycles. The van der Waals surface area contributed by atoms with E-state index in [-0.39, 0.29) is 0 Å². The minimum atomic E-state index is 0.464. The molecule has 1 saturated carbocycles. The lowest BCUT2D eigenvalue weighted by molar-refractivity contribution is 0.520. The summed E-state index contributed by atoms with van der Waals surface area (Å²) in [6, 6.07) is 11.5. The maximum absolute atomic E-state index is 4.47. The summed E-state index contributed by atoms with van der Waals surface area (Å²) >= 11 is 0.